The zero-order valence-electron chi connectivity index (χ0n) is 12.1. The van der Waals surface area contributed by atoms with E-state index in [2.05, 4.69) is 5.32 Å². The van der Waals surface area contributed by atoms with Crippen LogP contribution in [0, 0.1) is 5.92 Å². The van der Waals surface area contributed by atoms with Crippen molar-refractivity contribution in [3.8, 4) is 5.75 Å². The molecular formula is C15H20N2O3. The van der Waals surface area contributed by atoms with E-state index in [1.165, 1.54) is 0 Å². The summed E-state index contributed by atoms with van der Waals surface area (Å²) in [6.07, 6.45) is -0.208. The molecule has 0 saturated heterocycles. The minimum absolute atomic E-state index is 0.0182. The summed E-state index contributed by atoms with van der Waals surface area (Å²) in [4.78, 5) is 25.8. The number of para-hydroxylation sites is 2. The third-order valence-electron chi connectivity index (χ3n) is 3.20. The van der Waals surface area contributed by atoms with Crippen LogP contribution in [0.5, 0.6) is 5.75 Å². The summed E-state index contributed by atoms with van der Waals surface area (Å²) in [6.45, 7) is 4.25. The van der Waals surface area contributed by atoms with Gasteiger partial charge in [-0.25, -0.2) is 0 Å². The summed E-state index contributed by atoms with van der Waals surface area (Å²) in [5.74, 6) is 0.645. The number of nitrogens with zero attached hydrogens (tertiary/aromatic N) is 1. The lowest BCUT2D eigenvalue weighted by Gasteiger charge is -2.34. The van der Waals surface area contributed by atoms with E-state index in [0.717, 1.165) is 5.69 Å². The number of hydrogen-bond acceptors (Lipinski definition) is 3. The van der Waals surface area contributed by atoms with Crippen molar-refractivity contribution in [2.45, 2.75) is 26.4 Å². The second-order valence-electron chi connectivity index (χ2n) is 5.29. The molecule has 1 aliphatic heterocycles. The fourth-order valence-electron chi connectivity index (χ4n) is 2.23. The summed E-state index contributed by atoms with van der Waals surface area (Å²) >= 11 is 0. The van der Waals surface area contributed by atoms with Gasteiger partial charge in [-0.15, -0.1) is 0 Å². The smallest absolute Gasteiger partial charge is 0.262 e. The first kappa shape index (κ1) is 14.4. The molecule has 5 heteroatoms. The molecule has 1 N–H and O–H groups in total. The van der Waals surface area contributed by atoms with Crippen molar-refractivity contribution in [1.29, 1.82) is 0 Å². The number of anilines is 1. The van der Waals surface area contributed by atoms with E-state index < -0.39 is 6.10 Å². The van der Waals surface area contributed by atoms with E-state index in [9.17, 15) is 9.59 Å². The number of nitrogens with one attached hydrogen (secondary N) is 1. The molecule has 20 heavy (non-hydrogen) atoms. The first-order chi connectivity index (χ1) is 9.52. The van der Waals surface area contributed by atoms with Gasteiger partial charge in [0.2, 0.25) is 5.91 Å². The molecule has 0 saturated carbocycles. The van der Waals surface area contributed by atoms with Gasteiger partial charge in [-0.2, -0.15) is 0 Å². The highest BCUT2D eigenvalue weighted by molar-refractivity contribution is 5.97. The first-order valence-electron chi connectivity index (χ1n) is 6.80. The zero-order chi connectivity index (χ0) is 14.7. The summed E-state index contributed by atoms with van der Waals surface area (Å²) in [5, 5.41) is 2.56. The van der Waals surface area contributed by atoms with Crippen LogP contribution in [-0.4, -0.2) is 31.5 Å². The van der Waals surface area contributed by atoms with Gasteiger partial charge in [0.15, 0.2) is 6.10 Å². The predicted molar refractivity (Wildman–Crippen MR) is 76.7 cm³/mol. The van der Waals surface area contributed by atoms with Gasteiger partial charge in [0.05, 0.1) is 12.2 Å². The van der Waals surface area contributed by atoms with E-state index in [1.807, 2.05) is 32.0 Å². The highest BCUT2D eigenvalue weighted by atomic mass is 16.5. The fourth-order valence-corrected chi connectivity index (χ4v) is 2.23. The quantitative estimate of drug-likeness (QED) is 0.911. The Labute approximate surface area is 118 Å². The Balaban J connectivity index is 2.29. The van der Waals surface area contributed by atoms with Crippen LogP contribution in [0.2, 0.25) is 0 Å². The van der Waals surface area contributed by atoms with Gasteiger partial charge < -0.3 is 15.0 Å². The summed E-state index contributed by atoms with van der Waals surface area (Å²) in [5.41, 5.74) is 0.735. The molecule has 2 rings (SSSR count). The van der Waals surface area contributed by atoms with Crippen LogP contribution in [0.4, 0.5) is 5.69 Å². The number of carbonyl (C=O) groups is 2. The van der Waals surface area contributed by atoms with Crippen LogP contribution >= 0.6 is 0 Å². The van der Waals surface area contributed by atoms with Crippen molar-refractivity contribution in [3.05, 3.63) is 24.3 Å². The molecule has 1 aromatic carbocycles. The molecule has 0 fully saturated rings. The average Bonchev–Trinajstić information content (AvgIpc) is 2.44. The summed E-state index contributed by atoms with van der Waals surface area (Å²) in [6, 6.07) is 7.31. The number of amides is 2. The molecule has 0 bridgehead atoms. The van der Waals surface area contributed by atoms with Gasteiger partial charge in [0.25, 0.3) is 5.91 Å². The standard InChI is InChI=1S/C15H20N2O3/c1-10(2)8-14(18)17-9-13(15(19)16-3)20-12-7-5-4-6-11(12)17/h4-7,10,13H,8-9H2,1-3H3,(H,16,19)/t13-/m0/s1. The second kappa shape index (κ2) is 5.94. The van der Waals surface area contributed by atoms with E-state index in [0.29, 0.717) is 12.2 Å². The molecule has 1 heterocycles. The number of rotatable bonds is 3. The number of benzene rings is 1. The molecule has 5 nitrogen and oxygen atoms in total. The normalized spacial score (nSPS) is 17.4. The lowest BCUT2D eigenvalue weighted by Crippen LogP contribution is -2.50. The molecule has 0 spiro atoms. The van der Waals surface area contributed by atoms with Gasteiger partial charge in [0.1, 0.15) is 5.75 Å². The largest absolute Gasteiger partial charge is 0.477 e. The molecule has 2 amide bonds. The van der Waals surface area contributed by atoms with Crippen molar-refractivity contribution in [1.82, 2.24) is 5.32 Å². The van der Waals surface area contributed by atoms with Gasteiger partial charge in [-0.05, 0) is 18.1 Å². The topological polar surface area (TPSA) is 58.6 Å². The first-order valence-corrected chi connectivity index (χ1v) is 6.80. The zero-order valence-corrected chi connectivity index (χ0v) is 12.1. The molecular weight excluding hydrogens is 256 g/mol. The third-order valence-corrected chi connectivity index (χ3v) is 3.20. The van der Waals surface area contributed by atoms with E-state index in [1.54, 1.807) is 18.0 Å². The van der Waals surface area contributed by atoms with Crippen LogP contribution in [-0.2, 0) is 9.59 Å². The molecule has 0 aliphatic carbocycles. The summed E-state index contributed by atoms with van der Waals surface area (Å²) < 4.78 is 5.66. The average molecular weight is 276 g/mol. The highest BCUT2D eigenvalue weighted by Gasteiger charge is 2.33. The van der Waals surface area contributed by atoms with E-state index >= 15 is 0 Å². The van der Waals surface area contributed by atoms with Crippen molar-refractivity contribution >= 4 is 17.5 Å². The van der Waals surface area contributed by atoms with E-state index in [4.69, 9.17) is 4.74 Å². The van der Waals surface area contributed by atoms with Crippen LogP contribution in [0.3, 0.4) is 0 Å². The van der Waals surface area contributed by atoms with Gasteiger partial charge in [0, 0.05) is 13.5 Å². The number of hydrogen-bond donors (Lipinski definition) is 1. The second-order valence-corrected chi connectivity index (χ2v) is 5.29. The van der Waals surface area contributed by atoms with Crippen LogP contribution in [0.1, 0.15) is 20.3 Å². The van der Waals surface area contributed by atoms with Crippen molar-refractivity contribution in [3.63, 3.8) is 0 Å². The molecule has 1 atom stereocenters. The van der Waals surface area contributed by atoms with Gasteiger partial charge in [-0.1, -0.05) is 26.0 Å². The molecule has 0 aromatic heterocycles. The minimum atomic E-state index is -0.661. The third kappa shape index (κ3) is 2.92. The van der Waals surface area contributed by atoms with Crippen LogP contribution < -0.4 is 15.0 Å². The Kier molecular flexibility index (Phi) is 4.27. The van der Waals surface area contributed by atoms with Crippen LogP contribution in [0.15, 0.2) is 24.3 Å². The van der Waals surface area contributed by atoms with Crippen LogP contribution in [0.25, 0.3) is 0 Å². The summed E-state index contributed by atoms with van der Waals surface area (Å²) in [7, 11) is 1.56. The maximum Gasteiger partial charge on any atom is 0.262 e. The van der Waals surface area contributed by atoms with Crippen molar-refractivity contribution in [2.75, 3.05) is 18.5 Å². The van der Waals surface area contributed by atoms with E-state index in [-0.39, 0.29) is 24.3 Å². The lowest BCUT2D eigenvalue weighted by atomic mass is 10.1. The number of ether oxygens (including phenoxy) is 1. The molecule has 1 aromatic rings. The number of carbonyl (C=O) groups excluding carboxylic acids is 2. The minimum Gasteiger partial charge on any atom is -0.477 e. The predicted octanol–water partition coefficient (Wildman–Crippen LogP) is 1.57. The maximum absolute atomic E-state index is 12.4. The molecule has 108 valence electrons. The lowest BCUT2D eigenvalue weighted by molar-refractivity contribution is -0.128. The van der Waals surface area contributed by atoms with Crippen molar-refractivity contribution in [2.24, 2.45) is 5.92 Å². The van der Waals surface area contributed by atoms with Gasteiger partial charge >= 0.3 is 0 Å². The van der Waals surface area contributed by atoms with Crippen molar-refractivity contribution < 1.29 is 14.3 Å². The highest BCUT2D eigenvalue weighted by Crippen LogP contribution is 2.33. The fraction of sp³-hybridized carbons (Fsp3) is 0.467. The monoisotopic (exact) mass is 276 g/mol. The Hall–Kier alpha value is -2.04. The Morgan fingerprint density at radius 2 is 2.10 bits per heavy atom. The number of likely N-dealkylation sites (N-methyl/N-ethyl adjacent to an activating group) is 1. The number of fused-ring (bicyclic) bond motifs is 1. The van der Waals surface area contributed by atoms with Gasteiger partial charge in [-0.3, -0.25) is 9.59 Å². The maximum atomic E-state index is 12.4. The molecule has 0 unspecified atom stereocenters. The molecule has 0 radical (unpaired) electrons. The SMILES string of the molecule is CNC(=O)[C@@H]1CN(C(=O)CC(C)C)c2ccccc2O1. The Morgan fingerprint density at radius 3 is 2.75 bits per heavy atom. The Morgan fingerprint density at radius 1 is 1.40 bits per heavy atom. The Bertz CT molecular complexity index is 514. The molecule has 1 aliphatic rings.